The summed E-state index contributed by atoms with van der Waals surface area (Å²) in [5.74, 6) is -3.04. The summed E-state index contributed by atoms with van der Waals surface area (Å²) in [6.45, 7) is -1.79. The molecule has 0 radical (unpaired) electrons. The van der Waals surface area contributed by atoms with Crippen LogP contribution in [0.5, 0.6) is 0 Å². The molecule has 15 heavy (non-hydrogen) atoms. The SMILES string of the molecule is [2H]C([2H])([2H])C([2H])([C@@H]1CC[C@H](C)c2ccc(C)cc21)C([2H])([2H])[2H]. The fourth-order valence-corrected chi connectivity index (χ4v) is 2.47. The largest absolute Gasteiger partial charge is 0.0622 e. The molecule has 0 nitrogen and oxygen atoms in total. The van der Waals surface area contributed by atoms with Crippen molar-refractivity contribution in [1.29, 1.82) is 0 Å². The van der Waals surface area contributed by atoms with Crippen molar-refractivity contribution in [1.82, 2.24) is 0 Å². The highest BCUT2D eigenvalue weighted by Gasteiger charge is 2.26. The van der Waals surface area contributed by atoms with Crippen LogP contribution in [0.4, 0.5) is 0 Å². The number of benzene rings is 1. The van der Waals surface area contributed by atoms with Crippen LogP contribution in [0.25, 0.3) is 0 Å². The van der Waals surface area contributed by atoms with Crippen LogP contribution in [-0.4, -0.2) is 0 Å². The molecule has 1 aromatic rings. The standard InChI is InChI=1S/C15H22/c1-10(2)13-8-6-12(4)14-7-5-11(3)9-15(13)14/h5,7,9-10,12-13H,6,8H2,1-4H3/t12-,13-/m0/s1/i1D3,2D3,10D. The van der Waals surface area contributed by atoms with Crippen LogP contribution >= 0.6 is 0 Å². The van der Waals surface area contributed by atoms with Crippen molar-refractivity contribution in [3.63, 3.8) is 0 Å². The minimum absolute atomic E-state index is 0.254. The van der Waals surface area contributed by atoms with Gasteiger partial charge in [0.15, 0.2) is 0 Å². The monoisotopic (exact) mass is 209 g/mol. The molecule has 0 heteroatoms. The second kappa shape index (κ2) is 4.00. The van der Waals surface area contributed by atoms with Crippen LogP contribution in [-0.2, 0) is 0 Å². The molecule has 0 saturated carbocycles. The zero-order chi connectivity index (χ0) is 16.9. The van der Waals surface area contributed by atoms with Gasteiger partial charge in [-0.05, 0) is 48.6 Å². The van der Waals surface area contributed by atoms with E-state index >= 15 is 0 Å². The van der Waals surface area contributed by atoms with E-state index in [0.29, 0.717) is 12.8 Å². The van der Waals surface area contributed by atoms with Crippen molar-refractivity contribution in [2.24, 2.45) is 5.89 Å². The van der Waals surface area contributed by atoms with E-state index in [2.05, 4.69) is 6.92 Å². The topological polar surface area (TPSA) is 0 Å². The highest BCUT2D eigenvalue weighted by molar-refractivity contribution is 5.38. The predicted octanol–water partition coefficient (Wildman–Crippen LogP) is 4.63. The molecule has 0 heterocycles. The number of hydrogen-bond acceptors (Lipinski definition) is 0. The Bertz CT molecular complexity index is 542. The van der Waals surface area contributed by atoms with Crippen molar-refractivity contribution >= 4 is 0 Å². The minimum atomic E-state index is -2.87. The molecule has 2 rings (SSSR count). The molecule has 0 unspecified atom stereocenters. The van der Waals surface area contributed by atoms with E-state index in [1.165, 1.54) is 0 Å². The van der Waals surface area contributed by atoms with Gasteiger partial charge in [0.25, 0.3) is 0 Å². The Morgan fingerprint density at radius 2 is 2.13 bits per heavy atom. The van der Waals surface area contributed by atoms with Crippen molar-refractivity contribution in [3.8, 4) is 0 Å². The van der Waals surface area contributed by atoms with Gasteiger partial charge in [-0.1, -0.05) is 44.4 Å². The van der Waals surface area contributed by atoms with Gasteiger partial charge < -0.3 is 0 Å². The van der Waals surface area contributed by atoms with E-state index in [-0.39, 0.29) is 5.92 Å². The first kappa shape index (κ1) is 5.03. The lowest BCUT2D eigenvalue weighted by Crippen LogP contribution is -2.17. The van der Waals surface area contributed by atoms with E-state index in [1.807, 2.05) is 25.1 Å². The number of rotatable bonds is 1. The van der Waals surface area contributed by atoms with Crippen LogP contribution in [0.3, 0.4) is 0 Å². The molecule has 1 aliphatic rings. The average molecular weight is 209 g/mol. The van der Waals surface area contributed by atoms with Gasteiger partial charge in [-0.25, -0.2) is 0 Å². The van der Waals surface area contributed by atoms with Crippen LogP contribution in [0.15, 0.2) is 18.2 Å². The summed E-state index contributed by atoms with van der Waals surface area (Å²) in [6, 6.07) is 5.76. The maximum Gasteiger partial charge on any atom is 0.0303 e. The lowest BCUT2D eigenvalue weighted by atomic mass is 9.73. The van der Waals surface area contributed by atoms with Crippen LogP contribution in [0.2, 0.25) is 0 Å². The molecule has 0 bridgehead atoms. The Kier molecular flexibility index (Phi) is 1.34. The Morgan fingerprint density at radius 1 is 1.33 bits per heavy atom. The van der Waals surface area contributed by atoms with E-state index < -0.39 is 25.5 Å². The molecule has 0 saturated heterocycles. The van der Waals surface area contributed by atoms with Gasteiger partial charge in [0.2, 0.25) is 0 Å². The van der Waals surface area contributed by atoms with Gasteiger partial charge >= 0.3 is 0 Å². The third-order valence-corrected chi connectivity index (χ3v) is 3.39. The van der Waals surface area contributed by atoms with Crippen molar-refractivity contribution in [2.75, 3.05) is 0 Å². The van der Waals surface area contributed by atoms with Crippen molar-refractivity contribution in [2.45, 2.75) is 52.2 Å². The Balaban J connectivity index is 2.66. The molecule has 2 atom stereocenters. The van der Waals surface area contributed by atoms with Crippen molar-refractivity contribution in [3.05, 3.63) is 34.9 Å². The Hall–Kier alpha value is -0.780. The smallest absolute Gasteiger partial charge is 0.0303 e. The summed E-state index contributed by atoms with van der Waals surface area (Å²) in [5, 5.41) is 0. The van der Waals surface area contributed by atoms with E-state index in [9.17, 15) is 0 Å². The highest BCUT2D eigenvalue weighted by atomic mass is 14.3. The molecule has 0 aromatic heterocycles. The molecule has 0 aliphatic heterocycles. The first-order valence-electron chi connectivity index (χ1n) is 9.00. The lowest BCUT2D eigenvalue weighted by Gasteiger charge is -2.32. The summed E-state index contributed by atoms with van der Waals surface area (Å²) in [7, 11) is 0. The third-order valence-electron chi connectivity index (χ3n) is 3.39. The van der Waals surface area contributed by atoms with E-state index in [0.717, 1.165) is 16.7 Å². The van der Waals surface area contributed by atoms with Crippen LogP contribution < -0.4 is 0 Å². The summed E-state index contributed by atoms with van der Waals surface area (Å²) in [5.41, 5.74) is 2.66. The number of aryl methyl sites for hydroxylation is 1. The van der Waals surface area contributed by atoms with Gasteiger partial charge in [0, 0.05) is 9.60 Å². The van der Waals surface area contributed by atoms with Crippen LogP contribution in [0, 0.1) is 12.8 Å². The van der Waals surface area contributed by atoms with Gasteiger partial charge in [-0.3, -0.25) is 0 Å². The molecule has 82 valence electrons. The lowest BCUT2D eigenvalue weighted by molar-refractivity contribution is 0.410. The minimum Gasteiger partial charge on any atom is -0.0622 e. The molecule has 0 N–H and O–H groups in total. The number of fused-ring (bicyclic) bond motifs is 1. The Morgan fingerprint density at radius 3 is 2.87 bits per heavy atom. The molecular formula is C15H22. The molecule has 1 aliphatic carbocycles. The first-order valence-corrected chi connectivity index (χ1v) is 5.50. The molecule has 0 spiro atoms. The Labute approximate surface area is 104 Å². The summed E-state index contributed by atoms with van der Waals surface area (Å²) < 4.78 is 54.7. The van der Waals surface area contributed by atoms with Gasteiger partial charge in [0.05, 0.1) is 0 Å². The highest BCUT2D eigenvalue weighted by Crippen LogP contribution is 2.42. The number of hydrogen-bond donors (Lipinski definition) is 0. The second-order valence-corrected chi connectivity index (χ2v) is 4.58. The third kappa shape index (κ3) is 1.95. The average Bonchev–Trinajstić information content (AvgIpc) is 2.35. The zero-order valence-corrected chi connectivity index (χ0v) is 9.30. The molecule has 0 amide bonds. The molecular weight excluding hydrogens is 180 g/mol. The predicted molar refractivity (Wildman–Crippen MR) is 66.4 cm³/mol. The van der Waals surface area contributed by atoms with Gasteiger partial charge in [0.1, 0.15) is 0 Å². The van der Waals surface area contributed by atoms with E-state index in [4.69, 9.17) is 9.60 Å². The maximum absolute atomic E-state index is 8.46. The summed E-state index contributed by atoms with van der Waals surface area (Å²) in [4.78, 5) is 0. The fraction of sp³-hybridized carbons (Fsp3) is 0.600. The molecule has 0 fully saturated rings. The zero-order valence-electron chi connectivity index (χ0n) is 16.3. The van der Waals surface area contributed by atoms with Crippen LogP contribution in [0.1, 0.15) is 71.6 Å². The van der Waals surface area contributed by atoms with Gasteiger partial charge in [-0.15, -0.1) is 0 Å². The first-order chi connectivity index (χ1) is 9.89. The quantitative estimate of drug-likeness (QED) is 0.632. The van der Waals surface area contributed by atoms with Gasteiger partial charge in [-0.2, -0.15) is 0 Å². The maximum atomic E-state index is 8.46. The fourth-order valence-electron chi connectivity index (χ4n) is 2.47. The summed E-state index contributed by atoms with van der Waals surface area (Å²) in [6.07, 6.45) is 1.12. The van der Waals surface area contributed by atoms with E-state index in [1.54, 1.807) is 0 Å². The summed E-state index contributed by atoms with van der Waals surface area (Å²) >= 11 is 0. The van der Waals surface area contributed by atoms with Crippen molar-refractivity contribution < 1.29 is 9.60 Å². The molecule has 1 aromatic carbocycles. The second-order valence-electron chi connectivity index (χ2n) is 4.58. The normalized spacial score (nSPS) is 34.7.